The lowest BCUT2D eigenvalue weighted by Gasteiger charge is -2.14. The van der Waals surface area contributed by atoms with E-state index in [9.17, 15) is 14.4 Å². The number of carbonyl (C=O) groups excluding carboxylic acids is 3. The molecule has 158 valence electrons. The summed E-state index contributed by atoms with van der Waals surface area (Å²) in [6, 6.07) is 11.8. The molecule has 0 bridgehead atoms. The molecule has 31 heavy (non-hydrogen) atoms. The molecule has 1 aromatic heterocycles. The zero-order valence-electron chi connectivity index (χ0n) is 17.2. The molecule has 3 amide bonds. The fourth-order valence-corrected chi connectivity index (χ4v) is 3.55. The van der Waals surface area contributed by atoms with E-state index in [-0.39, 0.29) is 17.4 Å². The van der Waals surface area contributed by atoms with E-state index < -0.39 is 5.91 Å². The van der Waals surface area contributed by atoms with Gasteiger partial charge >= 0.3 is 0 Å². The molecular weight excluding hydrogens is 394 g/mol. The Balaban J connectivity index is 1.49. The summed E-state index contributed by atoms with van der Waals surface area (Å²) in [5.74, 6) is -1.06. The lowest BCUT2D eigenvalue weighted by molar-refractivity contribution is 0.0923. The molecule has 0 atom stereocenters. The van der Waals surface area contributed by atoms with E-state index in [2.05, 4.69) is 22.3 Å². The highest BCUT2D eigenvalue weighted by atomic mass is 16.2. The minimum atomic E-state index is -0.426. The molecule has 4 rings (SSSR count). The molecule has 1 aliphatic heterocycles. The van der Waals surface area contributed by atoms with Gasteiger partial charge in [0.15, 0.2) is 0 Å². The van der Waals surface area contributed by atoms with Crippen molar-refractivity contribution in [3.8, 4) is 0 Å². The van der Waals surface area contributed by atoms with Gasteiger partial charge in [-0.1, -0.05) is 31.9 Å². The Bertz CT molecular complexity index is 1110. The average molecular weight is 417 g/mol. The number of aromatic nitrogens is 3. The van der Waals surface area contributed by atoms with Crippen molar-refractivity contribution < 1.29 is 14.4 Å². The molecule has 0 spiro atoms. The fraction of sp³-hybridized carbons (Fsp3) is 0.261. The van der Waals surface area contributed by atoms with E-state index in [0.29, 0.717) is 29.9 Å². The molecule has 0 unspecified atom stereocenters. The van der Waals surface area contributed by atoms with Gasteiger partial charge in [0.1, 0.15) is 12.7 Å². The van der Waals surface area contributed by atoms with E-state index in [0.717, 1.165) is 29.7 Å². The monoisotopic (exact) mass is 417 g/mol. The predicted octanol–water partition coefficient (Wildman–Crippen LogP) is 3.05. The van der Waals surface area contributed by atoms with Gasteiger partial charge in [-0.3, -0.25) is 14.4 Å². The largest absolute Gasteiger partial charge is 0.352 e. The highest BCUT2D eigenvalue weighted by Gasteiger charge is 2.37. The van der Waals surface area contributed by atoms with Crippen molar-refractivity contribution in [2.45, 2.75) is 32.7 Å². The molecule has 0 saturated carbocycles. The van der Waals surface area contributed by atoms with Crippen LogP contribution in [0.3, 0.4) is 0 Å². The number of nitrogens with one attached hydrogen (secondary N) is 1. The van der Waals surface area contributed by atoms with Gasteiger partial charge < -0.3 is 5.32 Å². The van der Waals surface area contributed by atoms with Gasteiger partial charge in [0.25, 0.3) is 17.7 Å². The van der Waals surface area contributed by atoms with Crippen LogP contribution in [0, 0.1) is 0 Å². The third-order valence-corrected chi connectivity index (χ3v) is 5.22. The number of anilines is 1. The minimum Gasteiger partial charge on any atom is -0.352 e. The number of carbonyl (C=O) groups is 3. The lowest BCUT2D eigenvalue weighted by atomic mass is 10.1. The Morgan fingerprint density at radius 1 is 1.00 bits per heavy atom. The number of amides is 3. The zero-order valence-corrected chi connectivity index (χ0v) is 17.2. The van der Waals surface area contributed by atoms with Crippen molar-refractivity contribution in [2.24, 2.45) is 0 Å². The predicted molar refractivity (Wildman–Crippen MR) is 115 cm³/mol. The SMILES string of the molecule is CCCCCNC(=O)c1ccc2c(c1)C(=O)N(c1ccc(Cn3cncn3)cc1)C2=O. The smallest absolute Gasteiger partial charge is 0.266 e. The fourth-order valence-electron chi connectivity index (χ4n) is 3.55. The summed E-state index contributed by atoms with van der Waals surface area (Å²) in [4.78, 5) is 43.3. The van der Waals surface area contributed by atoms with Crippen LogP contribution in [-0.4, -0.2) is 39.0 Å². The van der Waals surface area contributed by atoms with E-state index in [1.165, 1.54) is 12.4 Å². The Hall–Kier alpha value is -3.81. The van der Waals surface area contributed by atoms with E-state index in [1.54, 1.807) is 35.3 Å². The molecule has 0 saturated heterocycles. The van der Waals surface area contributed by atoms with Gasteiger partial charge in [-0.25, -0.2) is 14.6 Å². The molecule has 3 aromatic rings. The Morgan fingerprint density at radius 3 is 2.48 bits per heavy atom. The average Bonchev–Trinajstić information content (AvgIpc) is 3.38. The quantitative estimate of drug-likeness (QED) is 0.449. The molecule has 2 aromatic carbocycles. The summed E-state index contributed by atoms with van der Waals surface area (Å²) in [5.41, 5.74) is 2.38. The number of hydrogen-bond acceptors (Lipinski definition) is 5. The minimum absolute atomic E-state index is 0.241. The second-order valence-electron chi connectivity index (χ2n) is 7.43. The van der Waals surface area contributed by atoms with Crippen LogP contribution in [0.15, 0.2) is 55.1 Å². The highest BCUT2D eigenvalue weighted by Crippen LogP contribution is 2.29. The number of hydrogen-bond donors (Lipinski definition) is 1. The molecular formula is C23H23N5O3. The topological polar surface area (TPSA) is 97.2 Å². The third-order valence-electron chi connectivity index (χ3n) is 5.22. The van der Waals surface area contributed by atoms with Gasteiger partial charge in [-0.15, -0.1) is 0 Å². The Labute approximate surface area is 179 Å². The first-order valence-electron chi connectivity index (χ1n) is 10.3. The van der Waals surface area contributed by atoms with Gasteiger partial charge in [0, 0.05) is 12.1 Å². The normalized spacial score (nSPS) is 12.9. The maximum atomic E-state index is 13.0. The first-order chi connectivity index (χ1) is 15.1. The van der Waals surface area contributed by atoms with Crippen LogP contribution in [0.5, 0.6) is 0 Å². The van der Waals surface area contributed by atoms with E-state index in [1.807, 2.05) is 12.1 Å². The number of unbranched alkanes of at least 4 members (excludes halogenated alkanes) is 2. The first kappa shape index (κ1) is 20.5. The van der Waals surface area contributed by atoms with Gasteiger partial charge in [0.05, 0.1) is 23.4 Å². The van der Waals surface area contributed by atoms with Crippen molar-refractivity contribution in [3.05, 3.63) is 77.4 Å². The second-order valence-corrected chi connectivity index (χ2v) is 7.43. The van der Waals surface area contributed by atoms with Gasteiger partial charge in [-0.05, 0) is 42.3 Å². The van der Waals surface area contributed by atoms with Crippen LogP contribution < -0.4 is 10.2 Å². The number of benzene rings is 2. The molecule has 1 N–H and O–H groups in total. The van der Waals surface area contributed by atoms with Crippen molar-refractivity contribution in [3.63, 3.8) is 0 Å². The molecule has 2 heterocycles. The van der Waals surface area contributed by atoms with Crippen molar-refractivity contribution in [1.29, 1.82) is 0 Å². The van der Waals surface area contributed by atoms with Crippen molar-refractivity contribution in [1.82, 2.24) is 20.1 Å². The van der Waals surface area contributed by atoms with Crippen molar-refractivity contribution >= 4 is 23.4 Å². The second kappa shape index (κ2) is 8.91. The summed E-state index contributed by atoms with van der Waals surface area (Å²) < 4.78 is 1.69. The van der Waals surface area contributed by atoms with Crippen LogP contribution in [0.25, 0.3) is 0 Å². The summed E-state index contributed by atoms with van der Waals surface area (Å²) in [5, 5.41) is 6.92. The summed E-state index contributed by atoms with van der Waals surface area (Å²) in [7, 11) is 0. The summed E-state index contributed by atoms with van der Waals surface area (Å²) in [6.45, 7) is 3.23. The molecule has 8 nitrogen and oxygen atoms in total. The van der Waals surface area contributed by atoms with Gasteiger partial charge in [-0.2, -0.15) is 5.10 Å². The Kier molecular flexibility index (Phi) is 5.88. The van der Waals surface area contributed by atoms with Crippen LogP contribution >= 0.6 is 0 Å². The maximum absolute atomic E-state index is 13.0. The Morgan fingerprint density at radius 2 is 1.77 bits per heavy atom. The maximum Gasteiger partial charge on any atom is 0.266 e. The van der Waals surface area contributed by atoms with Crippen LogP contribution in [0.2, 0.25) is 0 Å². The van der Waals surface area contributed by atoms with E-state index in [4.69, 9.17) is 0 Å². The standard InChI is InChI=1S/C23H23N5O3/c1-2-3-4-11-25-21(29)17-7-10-19-20(12-17)23(31)28(22(19)30)18-8-5-16(6-9-18)13-27-15-24-14-26-27/h5-10,12,14-15H,2-4,11,13H2,1H3,(H,25,29). The summed E-state index contributed by atoms with van der Waals surface area (Å²) >= 11 is 0. The van der Waals surface area contributed by atoms with Crippen LogP contribution in [0.4, 0.5) is 5.69 Å². The highest BCUT2D eigenvalue weighted by molar-refractivity contribution is 6.34. The molecule has 8 heteroatoms. The first-order valence-corrected chi connectivity index (χ1v) is 10.3. The van der Waals surface area contributed by atoms with Gasteiger partial charge in [0.2, 0.25) is 0 Å². The van der Waals surface area contributed by atoms with E-state index >= 15 is 0 Å². The lowest BCUT2D eigenvalue weighted by Crippen LogP contribution is -2.29. The molecule has 0 radical (unpaired) electrons. The third kappa shape index (κ3) is 4.23. The molecule has 0 fully saturated rings. The molecule has 0 aliphatic carbocycles. The number of nitrogens with zero attached hydrogens (tertiary/aromatic N) is 4. The van der Waals surface area contributed by atoms with Crippen LogP contribution in [0.1, 0.15) is 62.8 Å². The summed E-state index contributed by atoms with van der Waals surface area (Å²) in [6.07, 6.45) is 6.11. The molecule has 1 aliphatic rings. The van der Waals surface area contributed by atoms with Crippen LogP contribution in [-0.2, 0) is 6.54 Å². The number of imide groups is 1. The zero-order chi connectivity index (χ0) is 21.8. The number of fused-ring (bicyclic) bond motifs is 1. The number of rotatable bonds is 8. The van der Waals surface area contributed by atoms with Crippen molar-refractivity contribution in [2.75, 3.05) is 11.4 Å².